The van der Waals surface area contributed by atoms with Gasteiger partial charge in [-0.3, -0.25) is 4.79 Å². The summed E-state index contributed by atoms with van der Waals surface area (Å²) in [6.07, 6.45) is 4.79. The normalized spacial score (nSPS) is 22.7. The van der Waals surface area contributed by atoms with Crippen LogP contribution in [0.25, 0.3) is 0 Å². The van der Waals surface area contributed by atoms with Gasteiger partial charge in [0.2, 0.25) is 5.91 Å². The van der Waals surface area contributed by atoms with Crippen LogP contribution in [0.3, 0.4) is 0 Å². The summed E-state index contributed by atoms with van der Waals surface area (Å²) < 4.78 is 0. The minimum Gasteiger partial charge on any atom is -0.353 e. The maximum Gasteiger partial charge on any atom is 0.239 e. The molecular formula is C11H23N3O. The standard InChI is InChI=1S/C11H23N3O/c1-3-5-10(2,12)9(15)14-8-11(13)6-4-7-11/h3-8,12-13H2,1-2H3,(H,14,15). The molecule has 4 heteroatoms. The van der Waals surface area contributed by atoms with E-state index in [-0.39, 0.29) is 11.4 Å². The van der Waals surface area contributed by atoms with Gasteiger partial charge < -0.3 is 16.8 Å². The highest BCUT2D eigenvalue weighted by molar-refractivity contribution is 5.85. The van der Waals surface area contributed by atoms with Crippen molar-refractivity contribution in [2.45, 2.75) is 57.0 Å². The lowest BCUT2D eigenvalue weighted by atomic mass is 9.77. The highest BCUT2D eigenvalue weighted by atomic mass is 16.2. The first kappa shape index (κ1) is 12.5. The van der Waals surface area contributed by atoms with Crippen LogP contribution in [-0.4, -0.2) is 23.5 Å². The molecule has 1 fully saturated rings. The number of hydrogen-bond acceptors (Lipinski definition) is 3. The second-order valence-electron chi connectivity index (χ2n) is 5.07. The van der Waals surface area contributed by atoms with Gasteiger partial charge in [-0.1, -0.05) is 13.3 Å². The van der Waals surface area contributed by atoms with Gasteiger partial charge in [0.15, 0.2) is 0 Å². The number of nitrogens with one attached hydrogen (secondary N) is 1. The van der Waals surface area contributed by atoms with Crippen molar-refractivity contribution in [1.82, 2.24) is 5.32 Å². The Morgan fingerprint density at radius 2 is 2.13 bits per heavy atom. The second kappa shape index (κ2) is 4.49. The van der Waals surface area contributed by atoms with E-state index < -0.39 is 5.54 Å². The third-order valence-corrected chi connectivity index (χ3v) is 3.24. The molecule has 0 spiro atoms. The highest BCUT2D eigenvalue weighted by Gasteiger charge is 2.34. The van der Waals surface area contributed by atoms with Crippen LogP contribution in [0.1, 0.15) is 46.0 Å². The SMILES string of the molecule is CCCC(C)(N)C(=O)NCC1(N)CCC1. The Hall–Kier alpha value is -0.610. The van der Waals surface area contributed by atoms with Crippen molar-refractivity contribution >= 4 is 5.91 Å². The van der Waals surface area contributed by atoms with Crippen LogP contribution in [0.15, 0.2) is 0 Å². The summed E-state index contributed by atoms with van der Waals surface area (Å²) in [4.78, 5) is 11.7. The van der Waals surface area contributed by atoms with Crippen molar-refractivity contribution in [1.29, 1.82) is 0 Å². The summed E-state index contributed by atoms with van der Waals surface area (Å²) in [5, 5.41) is 2.86. The quantitative estimate of drug-likeness (QED) is 0.622. The summed E-state index contributed by atoms with van der Waals surface area (Å²) in [5.74, 6) is -0.0823. The van der Waals surface area contributed by atoms with Crippen LogP contribution in [0.2, 0.25) is 0 Å². The Bertz CT molecular complexity index is 234. The van der Waals surface area contributed by atoms with E-state index in [0.29, 0.717) is 13.0 Å². The van der Waals surface area contributed by atoms with Crippen LogP contribution in [0.5, 0.6) is 0 Å². The number of carbonyl (C=O) groups is 1. The van der Waals surface area contributed by atoms with Gasteiger partial charge in [0.05, 0.1) is 5.54 Å². The molecule has 15 heavy (non-hydrogen) atoms. The van der Waals surface area contributed by atoms with Crippen molar-refractivity contribution in [2.75, 3.05) is 6.54 Å². The molecule has 1 amide bonds. The van der Waals surface area contributed by atoms with Gasteiger partial charge in [-0.2, -0.15) is 0 Å². The molecule has 0 aliphatic heterocycles. The van der Waals surface area contributed by atoms with E-state index in [1.54, 1.807) is 6.92 Å². The molecule has 0 aromatic carbocycles. The lowest BCUT2D eigenvalue weighted by Gasteiger charge is -2.39. The fourth-order valence-electron chi connectivity index (χ4n) is 1.90. The van der Waals surface area contributed by atoms with Crippen LogP contribution in [0, 0.1) is 0 Å². The average Bonchev–Trinajstić information content (AvgIpc) is 2.11. The van der Waals surface area contributed by atoms with Crippen molar-refractivity contribution < 1.29 is 4.79 Å². The predicted octanol–water partition coefficient (Wildman–Crippen LogP) is 0.502. The Balaban J connectivity index is 2.34. The molecule has 0 heterocycles. The summed E-state index contributed by atoms with van der Waals surface area (Å²) >= 11 is 0. The molecule has 0 bridgehead atoms. The van der Waals surface area contributed by atoms with Crippen LogP contribution in [-0.2, 0) is 4.79 Å². The molecule has 0 aromatic rings. The summed E-state index contributed by atoms with van der Waals surface area (Å²) in [5.41, 5.74) is 11.0. The fourth-order valence-corrected chi connectivity index (χ4v) is 1.90. The van der Waals surface area contributed by atoms with Crippen molar-refractivity contribution in [3.8, 4) is 0 Å². The third-order valence-electron chi connectivity index (χ3n) is 3.24. The molecule has 1 atom stereocenters. The van der Waals surface area contributed by atoms with Gasteiger partial charge in [-0.15, -0.1) is 0 Å². The summed E-state index contributed by atoms with van der Waals surface area (Å²) in [6.45, 7) is 4.35. The zero-order chi connectivity index (χ0) is 11.5. The minimum atomic E-state index is -0.755. The molecule has 0 aromatic heterocycles. The zero-order valence-electron chi connectivity index (χ0n) is 9.81. The predicted molar refractivity (Wildman–Crippen MR) is 61.3 cm³/mol. The number of hydrogen-bond donors (Lipinski definition) is 3. The van der Waals surface area contributed by atoms with Gasteiger partial charge in [0, 0.05) is 12.1 Å². The molecule has 1 rings (SSSR count). The van der Waals surface area contributed by atoms with E-state index in [1.165, 1.54) is 6.42 Å². The molecule has 88 valence electrons. The lowest BCUT2D eigenvalue weighted by molar-refractivity contribution is -0.126. The topological polar surface area (TPSA) is 81.1 Å². The number of nitrogens with two attached hydrogens (primary N) is 2. The molecule has 1 aliphatic carbocycles. The Morgan fingerprint density at radius 3 is 2.53 bits per heavy atom. The molecule has 0 radical (unpaired) electrons. The smallest absolute Gasteiger partial charge is 0.239 e. The highest BCUT2D eigenvalue weighted by Crippen LogP contribution is 2.28. The molecule has 0 saturated heterocycles. The first-order valence-corrected chi connectivity index (χ1v) is 5.76. The van der Waals surface area contributed by atoms with E-state index in [4.69, 9.17) is 11.5 Å². The Morgan fingerprint density at radius 1 is 1.53 bits per heavy atom. The van der Waals surface area contributed by atoms with E-state index in [0.717, 1.165) is 19.3 Å². The summed E-state index contributed by atoms with van der Waals surface area (Å²) in [6, 6.07) is 0. The minimum absolute atomic E-state index is 0.0823. The summed E-state index contributed by atoms with van der Waals surface area (Å²) in [7, 11) is 0. The first-order valence-electron chi connectivity index (χ1n) is 5.76. The van der Waals surface area contributed by atoms with E-state index in [2.05, 4.69) is 5.32 Å². The third kappa shape index (κ3) is 3.18. The second-order valence-corrected chi connectivity index (χ2v) is 5.07. The Labute approximate surface area is 91.8 Å². The van der Waals surface area contributed by atoms with E-state index >= 15 is 0 Å². The number of rotatable bonds is 5. The van der Waals surface area contributed by atoms with Gasteiger partial charge in [0.1, 0.15) is 0 Å². The lowest BCUT2D eigenvalue weighted by Crippen LogP contribution is -2.59. The monoisotopic (exact) mass is 213 g/mol. The van der Waals surface area contributed by atoms with Crippen LogP contribution < -0.4 is 16.8 Å². The number of amides is 1. The fraction of sp³-hybridized carbons (Fsp3) is 0.909. The largest absolute Gasteiger partial charge is 0.353 e. The molecule has 5 N–H and O–H groups in total. The van der Waals surface area contributed by atoms with Crippen molar-refractivity contribution in [3.63, 3.8) is 0 Å². The number of carbonyl (C=O) groups excluding carboxylic acids is 1. The van der Waals surface area contributed by atoms with E-state index in [1.807, 2.05) is 6.92 Å². The molecule has 1 saturated carbocycles. The van der Waals surface area contributed by atoms with Crippen molar-refractivity contribution in [2.24, 2.45) is 11.5 Å². The average molecular weight is 213 g/mol. The molecule has 1 aliphatic rings. The van der Waals surface area contributed by atoms with Gasteiger partial charge in [-0.05, 0) is 32.6 Å². The molecular weight excluding hydrogens is 190 g/mol. The van der Waals surface area contributed by atoms with Gasteiger partial charge >= 0.3 is 0 Å². The van der Waals surface area contributed by atoms with Crippen molar-refractivity contribution in [3.05, 3.63) is 0 Å². The Kier molecular flexibility index (Phi) is 3.73. The van der Waals surface area contributed by atoms with Crippen LogP contribution in [0.4, 0.5) is 0 Å². The van der Waals surface area contributed by atoms with Gasteiger partial charge in [0.25, 0.3) is 0 Å². The first-order chi connectivity index (χ1) is 6.90. The van der Waals surface area contributed by atoms with Gasteiger partial charge in [-0.25, -0.2) is 0 Å². The van der Waals surface area contributed by atoms with Crippen LogP contribution >= 0.6 is 0 Å². The zero-order valence-corrected chi connectivity index (χ0v) is 9.81. The maximum absolute atomic E-state index is 11.7. The molecule has 1 unspecified atom stereocenters. The maximum atomic E-state index is 11.7. The van der Waals surface area contributed by atoms with E-state index in [9.17, 15) is 4.79 Å². The molecule has 4 nitrogen and oxygen atoms in total.